The number of carbonyl (C=O) groups is 3. The summed E-state index contributed by atoms with van der Waals surface area (Å²) >= 11 is 0. The van der Waals surface area contributed by atoms with Crippen LogP contribution in [-0.4, -0.2) is 55.5 Å². The molecule has 0 bridgehead atoms. The molecular weight excluding hydrogens is 323 g/mol. The van der Waals surface area contributed by atoms with E-state index in [1.165, 1.54) is 7.11 Å². The number of hydrogen-bond donors (Lipinski definition) is 1. The molecule has 2 atom stereocenters. The fourth-order valence-electron chi connectivity index (χ4n) is 3.49. The maximum atomic E-state index is 12.3. The molecule has 2 fully saturated rings. The number of nitrogens with zero attached hydrogens (tertiary/aromatic N) is 1. The zero-order chi connectivity index (χ0) is 17.2. The summed E-state index contributed by atoms with van der Waals surface area (Å²) in [5.74, 6) is -2.01. The van der Waals surface area contributed by atoms with Gasteiger partial charge < -0.3 is 24.9 Å². The molecule has 1 aliphatic heterocycles. The first-order valence-corrected chi connectivity index (χ1v) is 8.11. The SMILES string of the molecule is COCC(=O)N1CCC(NC(=O)C2CC2(C(=O)[O-])C(C)C)CC1.[Na+]. The first-order valence-electron chi connectivity index (χ1n) is 8.11. The van der Waals surface area contributed by atoms with Crippen LogP contribution < -0.4 is 40.0 Å². The second-order valence-electron chi connectivity index (χ2n) is 6.84. The van der Waals surface area contributed by atoms with Crippen molar-refractivity contribution >= 4 is 17.8 Å². The summed E-state index contributed by atoms with van der Waals surface area (Å²) in [4.78, 5) is 37.1. The van der Waals surface area contributed by atoms with E-state index in [1.54, 1.807) is 4.90 Å². The molecule has 130 valence electrons. The normalized spacial score (nSPS) is 26.7. The van der Waals surface area contributed by atoms with E-state index in [0.29, 0.717) is 32.4 Å². The molecule has 2 unspecified atom stereocenters. The number of carboxylic acid groups (broad SMARTS) is 1. The monoisotopic (exact) mass is 348 g/mol. The van der Waals surface area contributed by atoms with E-state index in [0.717, 1.165) is 0 Å². The van der Waals surface area contributed by atoms with Crippen LogP contribution in [0.1, 0.15) is 33.1 Å². The average Bonchev–Trinajstić information content (AvgIpc) is 3.25. The molecule has 1 saturated carbocycles. The molecule has 24 heavy (non-hydrogen) atoms. The summed E-state index contributed by atoms with van der Waals surface area (Å²) in [6, 6.07) is -0.0127. The van der Waals surface area contributed by atoms with Gasteiger partial charge >= 0.3 is 29.6 Å². The number of hydrogen-bond acceptors (Lipinski definition) is 5. The van der Waals surface area contributed by atoms with Crippen molar-refractivity contribution in [2.75, 3.05) is 26.8 Å². The van der Waals surface area contributed by atoms with Gasteiger partial charge in [0.05, 0.1) is 0 Å². The Balaban J connectivity index is 0.00000288. The Labute approximate surface area is 164 Å². The van der Waals surface area contributed by atoms with E-state index in [2.05, 4.69) is 5.32 Å². The molecule has 0 aromatic heterocycles. The third-order valence-corrected chi connectivity index (χ3v) is 5.19. The molecule has 2 rings (SSSR count). The van der Waals surface area contributed by atoms with Gasteiger partial charge in [0.15, 0.2) is 0 Å². The van der Waals surface area contributed by atoms with E-state index in [9.17, 15) is 19.5 Å². The van der Waals surface area contributed by atoms with Crippen LogP contribution >= 0.6 is 0 Å². The van der Waals surface area contributed by atoms with Gasteiger partial charge in [-0.05, 0) is 25.2 Å². The van der Waals surface area contributed by atoms with Crippen molar-refractivity contribution in [3.63, 3.8) is 0 Å². The third-order valence-electron chi connectivity index (χ3n) is 5.19. The summed E-state index contributed by atoms with van der Waals surface area (Å²) < 4.78 is 4.83. The number of aliphatic carboxylic acids is 1. The molecule has 0 aromatic carbocycles. The summed E-state index contributed by atoms with van der Waals surface area (Å²) in [7, 11) is 1.48. The molecule has 0 spiro atoms. The fourth-order valence-corrected chi connectivity index (χ4v) is 3.49. The predicted octanol–water partition coefficient (Wildman–Crippen LogP) is -3.84. The standard InChI is InChI=1S/C16H26N2O5.Na/c1-10(2)16(15(21)22)8-12(16)14(20)17-11-4-6-18(7-5-11)13(19)9-23-3;/h10-12H,4-9H2,1-3H3,(H,17,20)(H,21,22);/q;+1/p-1. The molecule has 8 heteroatoms. The van der Waals surface area contributed by atoms with Crippen LogP contribution in [0.2, 0.25) is 0 Å². The van der Waals surface area contributed by atoms with Gasteiger partial charge in [0.1, 0.15) is 6.61 Å². The number of amides is 2. The Kier molecular flexibility index (Phi) is 7.72. The number of methoxy groups -OCH3 is 1. The molecular formula is C16H25N2NaO5. The summed E-state index contributed by atoms with van der Waals surface area (Å²) in [6.45, 7) is 4.84. The second kappa shape index (κ2) is 8.65. The van der Waals surface area contributed by atoms with Crippen molar-refractivity contribution in [2.45, 2.75) is 39.2 Å². The largest absolute Gasteiger partial charge is 1.00 e. The topological polar surface area (TPSA) is 98.8 Å². The summed E-state index contributed by atoms with van der Waals surface area (Å²) in [5, 5.41) is 14.3. The van der Waals surface area contributed by atoms with Crippen molar-refractivity contribution in [3.8, 4) is 0 Å². The zero-order valence-electron chi connectivity index (χ0n) is 15.0. The van der Waals surface area contributed by atoms with Crippen LogP contribution in [0.4, 0.5) is 0 Å². The van der Waals surface area contributed by atoms with Gasteiger partial charge in [-0.15, -0.1) is 0 Å². The smallest absolute Gasteiger partial charge is 0.550 e. The Bertz CT molecular complexity index is 491. The minimum atomic E-state index is -1.13. The number of carbonyl (C=O) groups excluding carboxylic acids is 3. The Morgan fingerprint density at radius 3 is 2.29 bits per heavy atom. The number of ether oxygens (including phenoxy) is 1. The van der Waals surface area contributed by atoms with E-state index in [1.807, 2.05) is 13.8 Å². The van der Waals surface area contributed by atoms with Gasteiger partial charge in [-0.25, -0.2) is 0 Å². The van der Waals surface area contributed by atoms with E-state index < -0.39 is 17.3 Å². The number of rotatable bonds is 6. The number of carboxylic acids is 1. The van der Waals surface area contributed by atoms with Gasteiger partial charge in [0.25, 0.3) is 0 Å². The molecule has 2 amide bonds. The van der Waals surface area contributed by atoms with Gasteiger partial charge in [0.2, 0.25) is 11.8 Å². The van der Waals surface area contributed by atoms with Gasteiger partial charge in [-0.1, -0.05) is 13.8 Å². The minimum Gasteiger partial charge on any atom is -0.550 e. The fraction of sp³-hybridized carbons (Fsp3) is 0.812. The second-order valence-corrected chi connectivity index (χ2v) is 6.84. The van der Waals surface area contributed by atoms with Crippen molar-refractivity contribution in [1.82, 2.24) is 10.2 Å². The number of likely N-dealkylation sites (tertiary alicyclic amines) is 1. The third kappa shape index (κ3) is 4.31. The van der Waals surface area contributed by atoms with Crippen molar-refractivity contribution in [1.29, 1.82) is 0 Å². The van der Waals surface area contributed by atoms with Crippen molar-refractivity contribution in [3.05, 3.63) is 0 Å². The van der Waals surface area contributed by atoms with E-state index in [-0.39, 0.29) is 59.9 Å². The first kappa shape index (κ1) is 21.4. The van der Waals surface area contributed by atoms with Gasteiger partial charge in [-0.2, -0.15) is 0 Å². The van der Waals surface area contributed by atoms with E-state index in [4.69, 9.17) is 4.74 Å². The van der Waals surface area contributed by atoms with Crippen LogP contribution in [0, 0.1) is 17.3 Å². The molecule has 1 heterocycles. The van der Waals surface area contributed by atoms with Gasteiger partial charge in [-0.3, -0.25) is 9.59 Å². The van der Waals surface area contributed by atoms with Crippen molar-refractivity contribution in [2.24, 2.45) is 17.3 Å². The van der Waals surface area contributed by atoms with Crippen LogP contribution in [0.5, 0.6) is 0 Å². The molecule has 1 saturated heterocycles. The zero-order valence-corrected chi connectivity index (χ0v) is 17.0. The predicted molar refractivity (Wildman–Crippen MR) is 80.0 cm³/mol. The molecule has 0 radical (unpaired) electrons. The van der Waals surface area contributed by atoms with Crippen LogP contribution in [0.15, 0.2) is 0 Å². The first-order chi connectivity index (χ1) is 10.8. The number of piperidine rings is 1. The Morgan fingerprint density at radius 2 is 1.88 bits per heavy atom. The molecule has 2 aliphatic rings. The van der Waals surface area contributed by atoms with Crippen LogP contribution in [0.3, 0.4) is 0 Å². The molecule has 0 aromatic rings. The summed E-state index contributed by atoms with van der Waals surface area (Å²) in [6.07, 6.45) is 1.70. The Morgan fingerprint density at radius 1 is 1.29 bits per heavy atom. The molecule has 7 nitrogen and oxygen atoms in total. The minimum absolute atomic E-state index is 0. The maximum Gasteiger partial charge on any atom is 1.00 e. The van der Waals surface area contributed by atoms with Gasteiger partial charge in [0, 0.05) is 43.5 Å². The number of nitrogens with one attached hydrogen (secondary N) is 1. The summed E-state index contributed by atoms with van der Waals surface area (Å²) in [5.41, 5.74) is -1.01. The molecule has 1 N–H and O–H groups in total. The quantitative estimate of drug-likeness (QED) is 0.496. The Hall–Kier alpha value is -0.630. The van der Waals surface area contributed by atoms with E-state index >= 15 is 0 Å². The maximum absolute atomic E-state index is 12.3. The molecule has 1 aliphatic carbocycles. The van der Waals surface area contributed by atoms with Crippen LogP contribution in [0.25, 0.3) is 0 Å². The van der Waals surface area contributed by atoms with Crippen LogP contribution in [-0.2, 0) is 19.1 Å². The van der Waals surface area contributed by atoms with Crippen molar-refractivity contribution < 1.29 is 53.8 Å². The average molecular weight is 348 g/mol.